The molecule has 2 aromatic heterocycles. The van der Waals surface area contributed by atoms with Crippen molar-refractivity contribution in [3.05, 3.63) is 93.3 Å². The van der Waals surface area contributed by atoms with Crippen LogP contribution in [0, 0.1) is 0 Å². The van der Waals surface area contributed by atoms with Crippen LogP contribution in [0.4, 0.5) is 0 Å². The number of tetrazole rings is 1. The van der Waals surface area contributed by atoms with Gasteiger partial charge in [-0.1, -0.05) is 67.4 Å². The van der Waals surface area contributed by atoms with Crippen molar-refractivity contribution in [1.82, 2.24) is 30.2 Å². The van der Waals surface area contributed by atoms with Crippen LogP contribution >= 0.6 is 11.6 Å². The number of rotatable bonds is 10. The maximum absolute atomic E-state index is 13.1. The van der Waals surface area contributed by atoms with Crippen molar-refractivity contribution in [2.24, 2.45) is 0 Å². The molecule has 10 heteroatoms. The average Bonchev–Trinajstić information content (AvgIpc) is 3.51. The highest BCUT2D eigenvalue weighted by Gasteiger charge is 2.20. The number of unbranched alkanes of at least 4 members (excludes halogenated alkanes) is 1. The van der Waals surface area contributed by atoms with Crippen LogP contribution in [0.25, 0.3) is 0 Å². The summed E-state index contributed by atoms with van der Waals surface area (Å²) in [5.74, 6) is 0.703. The maximum Gasteiger partial charge on any atom is 0.338 e. The molecule has 0 aliphatic rings. The fourth-order valence-corrected chi connectivity index (χ4v) is 4.13. The van der Waals surface area contributed by atoms with E-state index in [-0.39, 0.29) is 11.3 Å². The summed E-state index contributed by atoms with van der Waals surface area (Å²) >= 11 is 6.50. The molecule has 0 aliphatic carbocycles. The number of ketones is 1. The molecule has 0 spiro atoms. The summed E-state index contributed by atoms with van der Waals surface area (Å²) in [7, 11) is 1.29. The number of esters is 1. The molecule has 0 saturated carbocycles. The second-order valence-electron chi connectivity index (χ2n) is 8.04. The number of methoxy groups -OCH3 is 1. The molecular formula is C25H25ClN6O3. The van der Waals surface area contributed by atoms with Crippen molar-refractivity contribution >= 4 is 23.4 Å². The first kappa shape index (κ1) is 24.3. The van der Waals surface area contributed by atoms with Gasteiger partial charge >= 0.3 is 5.97 Å². The Balaban J connectivity index is 1.60. The lowest BCUT2D eigenvalue weighted by molar-refractivity contribution is 0.0597. The maximum atomic E-state index is 13.1. The fourth-order valence-electron chi connectivity index (χ4n) is 3.87. The van der Waals surface area contributed by atoms with Crippen molar-refractivity contribution in [1.29, 1.82) is 0 Å². The molecule has 0 saturated heterocycles. The summed E-state index contributed by atoms with van der Waals surface area (Å²) < 4.78 is 6.90. The van der Waals surface area contributed by atoms with Gasteiger partial charge in [0.2, 0.25) is 0 Å². The van der Waals surface area contributed by atoms with E-state index in [1.807, 2.05) is 12.1 Å². The summed E-state index contributed by atoms with van der Waals surface area (Å²) in [5.41, 5.74) is 2.82. The van der Waals surface area contributed by atoms with Gasteiger partial charge in [0.1, 0.15) is 5.82 Å². The molecule has 0 bridgehead atoms. The van der Waals surface area contributed by atoms with Crippen LogP contribution in [0.2, 0.25) is 5.15 Å². The number of aryl methyl sites for hydroxylation is 1. The van der Waals surface area contributed by atoms with Crippen molar-refractivity contribution in [3.8, 4) is 0 Å². The van der Waals surface area contributed by atoms with Gasteiger partial charge in [-0.3, -0.25) is 4.79 Å². The molecule has 0 radical (unpaired) electrons. The average molecular weight is 493 g/mol. The highest BCUT2D eigenvalue weighted by Crippen LogP contribution is 2.23. The first-order chi connectivity index (χ1) is 17.0. The van der Waals surface area contributed by atoms with Gasteiger partial charge < -0.3 is 9.30 Å². The Morgan fingerprint density at radius 2 is 1.83 bits per heavy atom. The number of carbonyl (C=O) groups excluding carboxylic acids is 2. The van der Waals surface area contributed by atoms with Crippen molar-refractivity contribution in [2.45, 2.75) is 39.2 Å². The van der Waals surface area contributed by atoms with Crippen LogP contribution in [0.5, 0.6) is 0 Å². The molecule has 4 rings (SSSR count). The molecule has 0 fully saturated rings. The van der Waals surface area contributed by atoms with Gasteiger partial charge in [-0.25, -0.2) is 14.9 Å². The molecule has 35 heavy (non-hydrogen) atoms. The Kier molecular flexibility index (Phi) is 7.67. The van der Waals surface area contributed by atoms with E-state index in [4.69, 9.17) is 16.3 Å². The summed E-state index contributed by atoms with van der Waals surface area (Å²) in [6.45, 7) is 2.66. The minimum atomic E-state index is -0.545. The van der Waals surface area contributed by atoms with Gasteiger partial charge in [-0.05, 0) is 28.5 Å². The standard InChI is InChI=1S/C25H25ClN6O3/c1-3-4-9-22-27-24(26)20(14-21-28-30-31-29-21)32(22)15-16-10-12-17(13-11-16)23(33)18-7-5-6-8-19(18)25(34)35-2/h5-8,10-13H,3-4,9,14-15H2,1-2H3,(H,28,29,30,31). The Hall–Kier alpha value is -3.85. The van der Waals surface area contributed by atoms with E-state index in [0.717, 1.165) is 36.3 Å². The third-order valence-electron chi connectivity index (χ3n) is 5.71. The fraction of sp³-hybridized carbons (Fsp3) is 0.280. The van der Waals surface area contributed by atoms with Crippen LogP contribution in [0.1, 0.15) is 69.0 Å². The largest absolute Gasteiger partial charge is 0.465 e. The molecule has 0 unspecified atom stereocenters. The lowest BCUT2D eigenvalue weighted by atomic mass is 9.97. The number of hydrogen-bond acceptors (Lipinski definition) is 7. The van der Waals surface area contributed by atoms with Gasteiger partial charge in [0.15, 0.2) is 16.8 Å². The molecule has 2 heterocycles. The van der Waals surface area contributed by atoms with Crippen molar-refractivity contribution in [3.63, 3.8) is 0 Å². The summed E-state index contributed by atoms with van der Waals surface area (Å²) in [6, 6.07) is 13.9. The lowest BCUT2D eigenvalue weighted by Crippen LogP contribution is -2.12. The second kappa shape index (κ2) is 11.1. The molecule has 180 valence electrons. The van der Waals surface area contributed by atoms with Crippen LogP contribution in [0.15, 0.2) is 48.5 Å². The van der Waals surface area contributed by atoms with Crippen LogP contribution in [-0.2, 0) is 24.1 Å². The number of aromatic nitrogens is 6. The van der Waals surface area contributed by atoms with Gasteiger partial charge in [-0.2, -0.15) is 0 Å². The Labute approximate surface area is 207 Å². The first-order valence-electron chi connectivity index (χ1n) is 11.3. The zero-order valence-corrected chi connectivity index (χ0v) is 20.2. The zero-order chi connectivity index (χ0) is 24.8. The number of ether oxygens (including phenoxy) is 1. The minimum Gasteiger partial charge on any atom is -0.465 e. The van der Waals surface area contributed by atoms with E-state index in [0.29, 0.717) is 35.1 Å². The van der Waals surface area contributed by atoms with Crippen LogP contribution in [0.3, 0.4) is 0 Å². The highest BCUT2D eigenvalue weighted by atomic mass is 35.5. The van der Waals surface area contributed by atoms with Crippen LogP contribution < -0.4 is 0 Å². The highest BCUT2D eigenvalue weighted by molar-refractivity contribution is 6.30. The number of nitrogens with one attached hydrogen (secondary N) is 1. The van der Waals surface area contributed by atoms with E-state index in [2.05, 4.69) is 37.1 Å². The van der Waals surface area contributed by atoms with Crippen molar-refractivity contribution < 1.29 is 14.3 Å². The molecule has 4 aromatic rings. The minimum absolute atomic E-state index is 0.240. The topological polar surface area (TPSA) is 116 Å². The SMILES string of the molecule is CCCCc1nc(Cl)c(Cc2nnn[nH]2)n1Cc1ccc(C(=O)c2ccccc2C(=O)OC)cc1. The molecule has 0 aliphatic heterocycles. The quantitative estimate of drug-likeness (QED) is 0.262. The number of hydrogen-bond donors (Lipinski definition) is 1. The van der Waals surface area contributed by atoms with Gasteiger partial charge in [0.25, 0.3) is 0 Å². The number of benzene rings is 2. The van der Waals surface area contributed by atoms with Crippen molar-refractivity contribution in [2.75, 3.05) is 7.11 Å². The lowest BCUT2D eigenvalue weighted by Gasteiger charge is -2.12. The zero-order valence-electron chi connectivity index (χ0n) is 19.5. The van der Waals surface area contributed by atoms with E-state index in [1.54, 1.807) is 36.4 Å². The number of nitrogens with zero attached hydrogens (tertiary/aromatic N) is 5. The van der Waals surface area contributed by atoms with Crippen LogP contribution in [-0.4, -0.2) is 49.0 Å². The summed E-state index contributed by atoms with van der Waals surface area (Å²) in [4.78, 5) is 29.8. The Morgan fingerprint density at radius 3 is 2.49 bits per heavy atom. The molecule has 1 N–H and O–H groups in total. The molecular weight excluding hydrogens is 468 g/mol. The Morgan fingerprint density at radius 1 is 1.09 bits per heavy atom. The number of aromatic amines is 1. The van der Waals surface area contributed by atoms with E-state index >= 15 is 0 Å². The number of imidazole rings is 1. The molecule has 9 nitrogen and oxygen atoms in total. The summed E-state index contributed by atoms with van der Waals surface area (Å²) in [5, 5.41) is 14.4. The number of halogens is 1. The third-order valence-corrected chi connectivity index (χ3v) is 6.02. The summed E-state index contributed by atoms with van der Waals surface area (Å²) in [6.07, 6.45) is 3.25. The van der Waals surface area contributed by atoms with Gasteiger partial charge in [0.05, 0.1) is 24.8 Å². The van der Waals surface area contributed by atoms with Gasteiger partial charge in [-0.15, -0.1) is 5.10 Å². The third kappa shape index (κ3) is 5.46. The number of carbonyl (C=O) groups is 2. The molecule has 0 amide bonds. The Bertz CT molecular complexity index is 1320. The monoisotopic (exact) mass is 492 g/mol. The molecule has 0 atom stereocenters. The van der Waals surface area contributed by atoms with Gasteiger partial charge in [0, 0.05) is 24.1 Å². The second-order valence-corrected chi connectivity index (χ2v) is 8.40. The van der Waals surface area contributed by atoms with E-state index in [9.17, 15) is 9.59 Å². The normalized spacial score (nSPS) is 10.9. The first-order valence-corrected chi connectivity index (χ1v) is 11.7. The predicted molar refractivity (Wildman–Crippen MR) is 130 cm³/mol. The molecule has 2 aromatic carbocycles. The van der Waals surface area contributed by atoms with E-state index in [1.165, 1.54) is 7.11 Å². The number of H-pyrrole nitrogens is 1. The smallest absolute Gasteiger partial charge is 0.338 e. The van der Waals surface area contributed by atoms with E-state index < -0.39 is 5.97 Å². The predicted octanol–water partition coefficient (Wildman–Crippen LogP) is 4.05.